The van der Waals surface area contributed by atoms with Gasteiger partial charge in [-0.3, -0.25) is 4.90 Å². The van der Waals surface area contributed by atoms with Gasteiger partial charge in [0.25, 0.3) is 0 Å². The van der Waals surface area contributed by atoms with Crippen molar-refractivity contribution in [3.8, 4) is 0 Å². The molecule has 0 aromatic heterocycles. The van der Waals surface area contributed by atoms with Crippen LogP contribution in [0, 0.1) is 5.41 Å². The highest BCUT2D eigenvalue weighted by Crippen LogP contribution is 2.20. The molecule has 1 saturated heterocycles. The lowest BCUT2D eigenvalue weighted by Crippen LogP contribution is -2.54. The number of nitrogens with one attached hydrogen (secondary N) is 1. The van der Waals surface area contributed by atoms with Gasteiger partial charge in [0.05, 0.1) is 0 Å². The fourth-order valence-electron chi connectivity index (χ4n) is 2.76. The summed E-state index contributed by atoms with van der Waals surface area (Å²) in [5.74, 6) is 0. The Balaban J connectivity index is 2.44. The van der Waals surface area contributed by atoms with Crippen molar-refractivity contribution in [1.29, 1.82) is 0 Å². The lowest BCUT2D eigenvalue weighted by atomic mass is 9.90. The third-order valence-corrected chi connectivity index (χ3v) is 4.08. The molecule has 1 aliphatic heterocycles. The van der Waals surface area contributed by atoms with E-state index in [0.717, 1.165) is 12.6 Å². The zero-order valence-electron chi connectivity index (χ0n) is 14.2. The van der Waals surface area contributed by atoms with Gasteiger partial charge in [0.2, 0.25) is 0 Å². The standard InChI is InChI=1S/C16H35N3/c1-8-14-11-19(10-9-18(14)7)13-16(5,6)12-17-15(2,3)4/h14,17H,8-13H2,1-7H3. The van der Waals surface area contributed by atoms with Crippen molar-refractivity contribution >= 4 is 0 Å². The first kappa shape index (κ1) is 16.9. The summed E-state index contributed by atoms with van der Waals surface area (Å²) < 4.78 is 0. The molecule has 0 aliphatic carbocycles. The summed E-state index contributed by atoms with van der Waals surface area (Å²) in [6.07, 6.45) is 1.26. The van der Waals surface area contributed by atoms with E-state index in [9.17, 15) is 0 Å². The van der Waals surface area contributed by atoms with E-state index in [1.807, 2.05) is 0 Å². The zero-order chi connectivity index (χ0) is 14.7. The van der Waals surface area contributed by atoms with Gasteiger partial charge in [0, 0.05) is 44.3 Å². The van der Waals surface area contributed by atoms with E-state index in [1.54, 1.807) is 0 Å². The number of hydrogen-bond donors (Lipinski definition) is 1. The molecule has 19 heavy (non-hydrogen) atoms. The van der Waals surface area contributed by atoms with Crippen molar-refractivity contribution in [2.45, 2.75) is 59.5 Å². The Morgan fingerprint density at radius 1 is 1.11 bits per heavy atom. The van der Waals surface area contributed by atoms with Gasteiger partial charge in [-0.05, 0) is 39.7 Å². The minimum absolute atomic E-state index is 0.214. The summed E-state index contributed by atoms with van der Waals surface area (Å²) in [6, 6.07) is 0.736. The quantitative estimate of drug-likeness (QED) is 0.827. The van der Waals surface area contributed by atoms with Crippen molar-refractivity contribution in [2.24, 2.45) is 5.41 Å². The Morgan fingerprint density at radius 3 is 2.26 bits per heavy atom. The van der Waals surface area contributed by atoms with Crippen molar-refractivity contribution in [3.63, 3.8) is 0 Å². The molecule has 0 radical (unpaired) electrons. The zero-order valence-corrected chi connectivity index (χ0v) is 14.2. The van der Waals surface area contributed by atoms with Crippen LogP contribution in [0.25, 0.3) is 0 Å². The van der Waals surface area contributed by atoms with Gasteiger partial charge in [-0.2, -0.15) is 0 Å². The summed E-state index contributed by atoms with van der Waals surface area (Å²) in [4.78, 5) is 5.16. The molecule has 3 heteroatoms. The SMILES string of the molecule is CCC1CN(CC(C)(C)CNC(C)(C)C)CCN1C. The monoisotopic (exact) mass is 269 g/mol. The number of piperazine rings is 1. The van der Waals surface area contributed by atoms with Gasteiger partial charge in [-0.25, -0.2) is 0 Å². The average molecular weight is 269 g/mol. The predicted molar refractivity (Wildman–Crippen MR) is 84.7 cm³/mol. The van der Waals surface area contributed by atoms with E-state index in [0.29, 0.717) is 5.41 Å². The molecule has 0 aromatic carbocycles. The summed E-state index contributed by atoms with van der Waals surface area (Å²) in [5.41, 5.74) is 0.548. The van der Waals surface area contributed by atoms with Crippen LogP contribution in [0.5, 0.6) is 0 Å². The van der Waals surface area contributed by atoms with Crippen LogP contribution in [-0.4, -0.2) is 61.2 Å². The highest BCUT2D eigenvalue weighted by Gasteiger charge is 2.28. The first-order chi connectivity index (χ1) is 8.63. The summed E-state index contributed by atoms with van der Waals surface area (Å²) in [5, 5.41) is 3.65. The van der Waals surface area contributed by atoms with E-state index < -0.39 is 0 Å². The molecule has 0 bridgehead atoms. The minimum atomic E-state index is 0.214. The molecule has 1 heterocycles. The number of likely N-dealkylation sites (N-methyl/N-ethyl adjacent to an activating group) is 1. The second-order valence-electron chi connectivity index (χ2n) is 8.05. The smallest absolute Gasteiger partial charge is 0.0218 e. The van der Waals surface area contributed by atoms with Gasteiger partial charge < -0.3 is 10.2 Å². The maximum atomic E-state index is 3.65. The van der Waals surface area contributed by atoms with E-state index in [-0.39, 0.29) is 5.54 Å². The van der Waals surface area contributed by atoms with Crippen molar-refractivity contribution in [2.75, 3.05) is 39.8 Å². The minimum Gasteiger partial charge on any atom is -0.311 e. The van der Waals surface area contributed by atoms with Crippen molar-refractivity contribution in [1.82, 2.24) is 15.1 Å². The van der Waals surface area contributed by atoms with E-state index >= 15 is 0 Å². The average Bonchev–Trinajstić information content (AvgIpc) is 2.28. The Hall–Kier alpha value is -0.120. The van der Waals surface area contributed by atoms with Gasteiger partial charge >= 0.3 is 0 Å². The fraction of sp³-hybridized carbons (Fsp3) is 1.00. The lowest BCUT2D eigenvalue weighted by Gasteiger charge is -2.42. The summed E-state index contributed by atoms with van der Waals surface area (Å²) >= 11 is 0. The Labute approximate surface area is 120 Å². The van der Waals surface area contributed by atoms with Crippen LogP contribution in [0.4, 0.5) is 0 Å². The van der Waals surface area contributed by atoms with Crippen molar-refractivity contribution < 1.29 is 0 Å². The molecule has 1 N–H and O–H groups in total. The first-order valence-electron chi connectivity index (χ1n) is 7.80. The Morgan fingerprint density at radius 2 is 1.74 bits per heavy atom. The van der Waals surface area contributed by atoms with Gasteiger partial charge in [-0.1, -0.05) is 20.8 Å². The van der Waals surface area contributed by atoms with Crippen LogP contribution < -0.4 is 5.32 Å². The molecular formula is C16H35N3. The molecule has 0 amide bonds. The van der Waals surface area contributed by atoms with Crippen LogP contribution in [0.15, 0.2) is 0 Å². The second kappa shape index (κ2) is 6.55. The molecule has 0 aromatic rings. The van der Waals surface area contributed by atoms with E-state index in [1.165, 1.54) is 32.6 Å². The maximum absolute atomic E-state index is 3.65. The molecule has 0 spiro atoms. The van der Waals surface area contributed by atoms with Crippen LogP contribution in [0.2, 0.25) is 0 Å². The largest absolute Gasteiger partial charge is 0.311 e. The summed E-state index contributed by atoms with van der Waals surface area (Å²) in [6.45, 7) is 19.7. The Kier molecular flexibility index (Phi) is 5.84. The number of rotatable bonds is 5. The summed E-state index contributed by atoms with van der Waals surface area (Å²) in [7, 11) is 2.26. The molecule has 0 saturated carbocycles. The first-order valence-corrected chi connectivity index (χ1v) is 7.80. The van der Waals surface area contributed by atoms with Gasteiger partial charge in [-0.15, -0.1) is 0 Å². The second-order valence-corrected chi connectivity index (χ2v) is 8.05. The van der Waals surface area contributed by atoms with E-state index in [4.69, 9.17) is 0 Å². The molecule has 1 fully saturated rings. The molecule has 1 aliphatic rings. The molecule has 114 valence electrons. The maximum Gasteiger partial charge on any atom is 0.0218 e. The molecule has 3 nitrogen and oxygen atoms in total. The Bertz CT molecular complexity index is 268. The van der Waals surface area contributed by atoms with Crippen LogP contribution in [0.1, 0.15) is 48.0 Å². The van der Waals surface area contributed by atoms with Crippen molar-refractivity contribution in [3.05, 3.63) is 0 Å². The normalized spacial score (nSPS) is 23.8. The molecule has 1 rings (SSSR count). The molecule has 1 unspecified atom stereocenters. The number of nitrogens with zero attached hydrogens (tertiary/aromatic N) is 2. The van der Waals surface area contributed by atoms with Gasteiger partial charge in [0.1, 0.15) is 0 Å². The lowest BCUT2D eigenvalue weighted by molar-refractivity contribution is 0.0640. The predicted octanol–water partition coefficient (Wildman–Crippen LogP) is 2.43. The third-order valence-electron chi connectivity index (χ3n) is 4.08. The van der Waals surface area contributed by atoms with Crippen LogP contribution in [-0.2, 0) is 0 Å². The molecule has 1 atom stereocenters. The molecular weight excluding hydrogens is 234 g/mol. The topological polar surface area (TPSA) is 18.5 Å². The fourth-order valence-corrected chi connectivity index (χ4v) is 2.76. The third kappa shape index (κ3) is 6.24. The highest BCUT2D eigenvalue weighted by atomic mass is 15.3. The van der Waals surface area contributed by atoms with Crippen LogP contribution >= 0.6 is 0 Å². The highest BCUT2D eigenvalue weighted by molar-refractivity contribution is 4.85. The van der Waals surface area contributed by atoms with Gasteiger partial charge in [0.15, 0.2) is 0 Å². The number of hydrogen-bond acceptors (Lipinski definition) is 3. The van der Waals surface area contributed by atoms with Crippen LogP contribution in [0.3, 0.4) is 0 Å². The van der Waals surface area contributed by atoms with E-state index in [2.05, 4.69) is 63.7 Å².